The van der Waals surface area contributed by atoms with Crippen LogP contribution in [0.3, 0.4) is 0 Å². The number of hydrogen-bond acceptors (Lipinski definition) is 3. The van der Waals surface area contributed by atoms with Gasteiger partial charge in [-0.05, 0) is 6.07 Å². The summed E-state index contributed by atoms with van der Waals surface area (Å²) in [5.74, 6) is -1.84. The standard InChI is InChI=1S/C19H11ClFNO2S/c20-14-9-5-4-8-12(14)13-10-25-17-15(13)16(23)19(21,18(24)22-17)11-6-2-1-3-7-11/h1-10H,(H,22,24). The number of Topliss-reactive ketones (excluding diaryl/α,β-unsaturated/α-hetero) is 1. The maximum Gasteiger partial charge on any atom is 0.275 e. The lowest BCUT2D eigenvalue weighted by Crippen LogP contribution is -2.47. The lowest BCUT2D eigenvalue weighted by Gasteiger charge is -2.28. The van der Waals surface area contributed by atoms with Crippen molar-refractivity contribution in [1.29, 1.82) is 0 Å². The molecule has 0 saturated heterocycles. The van der Waals surface area contributed by atoms with Crippen molar-refractivity contribution >= 4 is 39.6 Å². The lowest BCUT2D eigenvalue weighted by atomic mass is 9.83. The van der Waals surface area contributed by atoms with E-state index in [1.807, 2.05) is 0 Å². The van der Waals surface area contributed by atoms with Gasteiger partial charge in [0.05, 0.1) is 5.56 Å². The van der Waals surface area contributed by atoms with E-state index >= 15 is 4.39 Å². The summed E-state index contributed by atoms with van der Waals surface area (Å²) >= 11 is 7.42. The Balaban J connectivity index is 1.92. The van der Waals surface area contributed by atoms with Gasteiger partial charge in [-0.3, -0.25) is 9.59 Å². The highest BCUT2D eigenvalue weighted by Crippen LogP contribution is 2.46. The first kappa shape index (κ1) is 16.0. The average molecular weight is 372 g/mol. The molecule has 1 atom stereocenters. The number of fused-ring (bicyclic) bond motifs is 1. The largest absolute Gasteiger partial charge is 0.314 e. The minimum atomic E-state index is -2.76. The number of alkyl halides is 1. The van der Waals surface area contributed by atoms with Crippen LogP contribution < -0.4 is 5.32 Å². The van der Waals surface area contributed by atoms with Crippen LogP contribution in [-0.2, 0) is 10.5 Å². The van der Waals surface area contributed by atoms with E-state index in [2.05, 4.69) is 5.32 Å². The molecule has 124 valence electrons. The Morgan fingerprint density at radius 2 is 1.64 bits per heavy atom. The fraction of sp³-hybridized carbons (Fsp3) is 0.0526. The Hall–Kier alpha value is -2.50. The molecular formula is C19H11ClFNO2S. The second-order valence-corrected chi connectivity index (χ2v) is 6.93. The molecule has 0 fully saturated rings. The number of amides is 1. The number of thiophene rings is 1. The fourth-order valence-corrected chi connectivity index (χ4v) is 4.14. The highest BCUT2D eigenvalue weighted by Gasteiger charge is 2.53. The number of carbonyl (C=O) groups is 2. The van der Waals surface area contributed by atoms with Crippen molar-refractivity contribution in [2.24, 2.45) is 0 Å². The number of carbonyl (C=O) groups excluding carboxylic acids is 2. The van der Waals surface area contributed by atoms with Gasteiger partial charge >= 0.3 is 0 Å². The zero-order valence-electron chi connectivity index (χ0n) is 12.8. The molecule has 0 bridgehead atoms. The molecule has 0 saturated carbocycles. The van der Waals surface area contributed by atoms with Gasteiger partial charge < -0.3 is 5.32 Å². The molecule has 2 aromatic carbocycles. The molecule has 1 aliphatic heterocycles. The molecule has 0 radical (unpaired) electrons. The van der Waals surface area contributed by atoms with Crippen molar-refractivity contribution in [3.63, 3.8) is 0 Å². The molecule has 6 heteroatoms. The van der Waals surface area contributed by atoms with E-state index < -0.39 is 17.4 Å². The number of nitrogens with one attached hydrogen (secondary N) is 1. The number of ketones is 1. The van der Waals surface area contributed by atoms with Crippen LogP contribution in [0.2, 0.25) is 5.02 Å². The van der Waals surface area contributed by atoms with Crippen LogP contribution in [0.1, 0.15) is 15.9 Å². The van der Waals surface area contributed by atoms with Crippen molar-refractivity contribution in [1.82, 2.24) is 0 Å². The summed E-state index contributed by atoms with van der Waals surface area (Å²) in [7, 11) is 0. The third-order valence-corrected chi connectivity index (χ3v) is 5.43. The quantitative estimate of drug-likeness (QED) is 0.639. The Kier molecular flexibility index (Phi) is 3.71. The summed E-state index contributed by atoms with van der Waals surface area (Å²) < 4.78 is 15.7. The van der Waals surface area contributed by atoms with Gasteiger partial charge in [0.1, 0.15) is 5.00 Å². The maximum absolute atomic E-state index is 15.7. The topological polar surface area (TPSA) is 46.2 Å². The van der Waals surface area contributed by atoms with Crippen molar-refractivity contribution in [3.8, 4) is 11.1 Å². The van der Waals surface area contributed by atoms with Gasteiger partial charge in [-0.25, -0.2) is 4.39 Å². The van der Waals surface area contributed by atoms with E-state index in [0.29, 0.717) is 21.2 Å². The number of benzene rings is 2. The van der Waals surface area contributed by atoms with Crippen LogP contribution in [0.4, 0.5) is 9.39 Å². The molecule has 1 amide bonds. The Morgan fingerprint density at radius 3 is 2.36 bits per heavy atom. The average Bonchev–Trinajstić information content (AvgIpc) is 3.04. The summed E-state index contributed by atoms with van der Waals surface area (Å²) in [6.45, 7) is 0. The van der Waals surface area contributed by atoms with Crippen LogP contribution in [-0.4, -0.2) is 11.7 Å². The van der Waals surface area contributed by atoms with Gasteiger partial charge in [0, 0.05) is 27.1 Å². The first-order valence-corrected chi connectivity index (χ1v) is 8.76. The first-order chi connectivity index (χ1) is 12.0. The number of halogens is 2. The van der Waals surface area contributed by atoms with Gasteiger partial charge in [0.25, 0.3) is 11.6 Å². The van der Waals surface area contributed by atoms with Crippen LogP contribution in [0.15, 0.2) is 60.0 Å². The number of hydrogen-bond donors (Lipinski definition) is 1. The van der Waals surface area contributed by atoms with Gasteiger partial charge in [0.15, 0.2) is 0 Å². The fourth-order valence-electron chi connectivity index (χ4n) is 2.95. The third-order valence-electron chi connectivity index (χ3n) is 4.21. The second-order valence-electron chi connectivity index (χ2n) is 5.64. The molecule has 3 aromatic rings. The van der Waals surface area contributed by atoms with Crippen LogP contribution >= 0.6 is 22.9 Å². The highest BCUT2D eigenvalue weighted by molar-refractivity contribution is 7.15. The summed E-state index contributed by atoms with van der Waals surface area (Å²) in [5, 5.41) is 5.04. The minimum absolute atomic E-state index is 0.0134. The summed E-state index contributed by atoms with van der Waals surface area (Å²) in [6.07, 6.45) is 0. The molecule has 1 aromatic heterocycles. The van der Waals surface area contributed by atoms with Crippen LogP contribution in [0.25, 0.3) is 11.1 Å². The van der Waals surface area contributed by atoms with Crippen molar-refractivity contribution < 1.29 is 14.0 Å². The normalized spacial score (nSPS) is 19.4. The Bertz CT molecular complexity index is 1000. The predicted molar refractivity (Wildman–Crippen MR) is 97.0 cm³/mol. The van der Waals surface area contributed by atoms with Gasteiger partial charge in [0.2, 0.25) is 5.78 Å². The van der Waals surface area contributed by atoms with Gasteiger partial charge in [-0.15, -0.1) is 11.3 Å². The zero-order chi connectivity index (χ0) is 17.6. The smallest absolute Gasteiger partial charge is 0.275 e. The number of rotatable bonds is 2. The highest BCUT2D eigenvalue weighted by atomic mass is 35.5. The van der Waals surface area contributed by atoms with E-state index in [0.717, 1.165) is 0 Å². The summed E-state index contributed by atoms with van der Waals surface area (Å²) in [5.41, 5.74) is -1.44. The SMILES string of the molecule is O=C1Nc2scc(-c3ccccc3Cl)c2C(=O)C1(F)c1ccccc1. The molecule has 25 heavy (non-hydrogen) atoms. The van der Waals surface area contributed by atoms with Gasteiger partial charge in [-0.2, -0.15) is 0 Å². The molecule has 3 nitrogen and oxygen atoms in total. The molecule has 0 spiro atoms. The van der Waals surface area contributed by atoms with E-state index in [1.54, 1.807) is 47.8 Å². The van der Waals surface area contributed by atoms with Crippen LogP contribution in [0, 0.1) is 0 Å². The summed E-state index contributed by atoms with van der Waals surface area (Å²) in [6, 6.07) is 14.8. The minimum Gasteiger partial charge on any atom is -0.314 e. The number of anilines is 1. The lowest BCUT2D eigenvalue weighted by molar-refractivity contribution is -0.125. The third kappa shape index (κ3) is 2.31. The molecule has 2 heterocycles. The van der Waals surface area contributed by atoms with Crippen molar-refractivity contribution in [2.75, 3.05) is 5.32 Å². The van der Waals surface area contributed by atoms with Crippen LogP contribution in [0.5, 0.6) is 0 Å². The molecule has 1 N–H and O–H groups in total. The monoisotopic (exact) mass is 371 g/mol. The maximum atomic E-state index is 15.7. The Labute approximate surface area is 152 Å². The first-order valence-electron chi connectivity index (χ1n) is 7.50. The molecular weight excluding hydrogens is 361 g/mol. The van der Waals surface area contributed by atoms with Crippen molar-refractivity contribution in [2.45, 2.75) is 5.67 Å². The molecule has 0 aliphatic carbocycles. The van der Waals surface area contributed by atoms with Gasteiger partial charge in [-0.1, -0.05) is 60.1 Å². The van der Waals surface area contributed by atoms with Crippen molar-refractivity contribution in [3.05, 3.63) is 76.1 Å². The van der Waals surface area contributed by atoms with E-state index in [-0.39, 0.29) is 11.1 Å². The molecule has 1 unspecified atom stereocenters. The van der Waals surface area contributed by atoms with E-state index in [1.165, 1.54) is 23.5 Å². The predicted octanol–water partition coefficient (Wildman–Crippen LogP) is 5.07. The zero-order valence-corrected chi connectivity index (χ0v) is 14.3. The molecule has 1 aliphatic rings. The van der Waals surface area contributed by atoms with E-state index in [4.69, 9.17) is 11.6 Å². The molecule has 4 rings (SSSR count). The Morgan fingerprint density at radius 1 is 0.960 bits per heavy atom. The van der Waals surface area contributed by atoms with E-state index in [9.17, 15) is 9.59 Å². The summed E-state index contributed by atoms with van der Waals surface area (Å²) in [4.78, 5) is 25.4. The second kappa shape index (κ2) is 5.79.